The molecule has 0 aliphatic carbocycles. The van der Waals surface area contributed by atoms with Crippen molar-refractivity contribution in [2.75, 3.05) is 5.32 Å². The molecule has 2 N–H and O–H groups in total. The van der Waals surface area contributed by atoms with E-state index >= 15 is 0 Å². The van der Waals surface area contributed by atoms with Crippen LogP contribution in [0.2, 0.25) is 0 Å². The van der Waals surface area contributed by atoms with E-state index in [0.717, 1.165) is 11.1 Å². The van der Waals surface area contributed by atoms with E-state index < -0.39 is 6.61 Å². The standard InChI is InChI=1S/C16H15F3N2OS/c1-10-2-7-14(22-15(18)19)13(8-10)21-16(23)20-9-11-3-5-12(17)6-4-11/h2-8,15H,9H2,1H3,(H2,20,21,23). The predicted octanol–water partition coefficient (Wildman–Crippen LogP) is 4.22. The molecule has 0 aromatic heterocycles. The second kappa shape index (κ2) is 7.82. The van der Waals surface area contributed by atoms with Crippen molar-refractivity contribution in [3.05, 3.63) is 59.4 Å². The number of alkyl halides is 2. The second-order valence-corrected chi connectivity index (χ2v) is 5.22. The molecule has 7 heteroatoms. The molecule has 0 aliphatic heterocycles. The van der Waals surface area contributed by atoms with Gasteiger partial charge >= 0.3 is 6.61 Å². The molecule has 2 rings (SSSR count). The molecule has 3 nitrogen and oxygen atoms in total. The highest BCUT2D eigenvalue weighted by Gasteiger charge is 2.11. The van der Waals surface area contributed by atoms with E-state index in [4.69, 9.17) is 12.2 Å². The summed E-state index contributed by atoms with van der Waals surface area (Å²) < 4.78 is 42.1. The van der Waals surface area contributed by atoms with Crippen molar-refractivity contribution in [1.29, 1.82) is 0 Å². The summed E-state index contributed by atoms with van der Waals surface area (Å²) in [5, 5.41) is 6.00. The van der Waals surface area contributed by atoms with Crippen molar-refractivity contribution < 1.29 is 17.9 Å². The first-order chi connectivity index (χ1) is 10.9. The van der Waals surface area contributed by atoms with Crippen LogP contribution in [0, 0.1) is 12.7 Å². The van der Waals surface area contributed by atoms with Crippen molar-refractivity contribution in [3.8, 4) is 5.75 Å². The van der Waals surface area contributed by atoms with E-state index in [-0.39, 0.29) is 16.7 Å². The van der Waals surface area contributed by atoms with Gasteiger partial charge in [0, 0.05) is 6.54 Å². The zero-order valence-corrected chi connectivity index (χ0v) is 13.1. The van der Waals surface area contributed by atoms with Crippen LogP contribution < -0.4 is 15.4 Å². The Hall–Kier alpha value is -2.28. The highest BCUT2D eigenvalue weighted by Crippen LogP contribution is 2.27. The molecule has 0 amide bonds. The van der Waals surface area contributed by atoms with Gasteiger partial charge in [-0.2, -0.15) is 8.78 Å². The average molecular weight is 340 g/mol. The first-order valence-electron chi connectivity index (χ1n) is 6.79. The molecule has 0 saturated carbocycles. The van der Waals surface area contributed by atoms with Crippen molar-refractivity contribution in [2.24, 2.45) is 0 Å². The maximum absolute atomic E-state index is 12.8. The van der Waals surface area contributed by atoms with E-state index in [0.29, 0.717) is 12.2 Å². The summed E-state index contributed by atoms with van der Waals surface area (Å²) in [6, 6.07) is 10.7. The Morgan fingerprint density at radius 2 is 1.87 bits per heavy atom. The highest BCUT2D eigenvalue weighted by molar-refractivity contribution is 7.80. The number of benzene rings is 2. The van der Waals surface area contributed by atoms with Crippen molar-refractivity contribution >= 4 is 23.0 Å². The highest BCUT2D eigenvalue weighted by atomic mass is 32.1. The molecule has 0 aliphatic rings. The normalized spacial score (nSPS) is 10.5. The monoisotopic (exact) mass is 340 g/mol. The number of aryl methyl sites for hydroxylation is 1. The van der Waals surface area contributed by atoms with E-state index in [1.807, 2.05) is 6.92 Å². The summed E-state index contributed by atoms with van der Waals surface area (Å²) in [5.74, 6) is -0.306. The smallest absolute Gasteiger partial charge is 0.387 e. The SMILES string of the molecule is Cc1ccc(OC(F)F)c(NC(=S)NCc2ccc(F)cc2)c1. The molecule has 0 fully saturated rings. The molecule has 2 aromatic rings. The van der Waals surface area contributed by atoms with Gasteiger partial charge in [0.25, 0.3) is 0 Å². The fourth-order valence-electron chi connectivity index (χ4n) is 1.89. The third-order valence-electron chi connectivity index (χ3n) is 2.97. The molecule has 0 heterocycles. The van der Waals surface area contributed by atoms with E-state index in [2.05, 4.69) is 15.4 Å². The van der Waals surface area contributed by atoms with Gasteiger partial charge in [0.2, 0.25) is 0 Å². The van der Waals surface area contributed by atoms with Crippen molar-refractivity contribution in [3.63, 3.8) is 0 Å². The van der Waals surface area contributed by atoms with Gasteiger partial charge in [-0.15, -0.1) is 0 Å². The van der Waals surface area contributed by atoms with Crippen LogP contribution in [0.15, 0.2) is 42.5 Å². The number of hydrogen-bond donors (Lipinski definition) is 2. The van der Waals surface area contributed by atoms with Crippen LogP contribution in [-0.2, 0) is 6.54 Å². The lowest BCUT2D eigenvalue weighted by atomic mass is 10.2. The predicted molar refractivity (Wildman–Crippen MR) is 87.3 cm³/mol. The third kappa shape index (κ3) is 5.45. The minimum atomic E-state index is -2.92. The van der Waals surface area contributed by atoms with E-state index in [1.54, 1.807) is 24.3 Å². The lowest BCUT2D eigenvalue weighted by Gasteiger charge is -2.15. The maximum Gasteiger partial charge on any atom is 0.387 e. The largest absolute Gasteiger partial charge is 0.433 e. The number of thiocarbonyl (C=S) groups is 1. The van der Waals surface area contributed by atoms with Gasteiger partial charge in [0.1, 0.15) is 11.6 Å². The first-order valence-corrected chi connectivity index (χ1v) is 7.19. The average Bonchev–Trinajstić information content (AvgIpc) is 2.49. The molecule has 0 spiro atoms. The molecule has 23 heavy (non-hydrogen) atoms. The molecule has 2 aromatic carbocycles. The van der Waals surface area contributed by atoms with Gasteiger partial charge < -0.3 is 15.4 Å². The van der Waals surface area contributed by atoms with Crippen LogP contribution in [-0.4, -0.2) is 11.7 Å². The lowest BCUT2D eigenvalue weighted by Crippen LogP contribution is -2.28. The zero-order chi connectivity index (χ0) is 16.8. The Labute approximate surface area is 137 Å². The van der Waals surface area contributed by atoms with Gasteiger partial charge in [-0.25, -0.2) is 4.39 Å². The summed E-state index contributed by atoms with van der Waals surface area (Å²) in [4.78, 5) is 0. The van der Waals surface area contributed by atoms with Gasteiger partial charge in [0.15, 0.2) is 5.11 Å². The molecule has 122 valence electrons. The molecule has 0 saturated heterocycles. The second-order valence-electron chi connectivity index (χ2n) is 4.81. The van der Waals surface area contributed by atoms with Crippen LogP contribution in [0.1, 0.15) is 11.1 Å². The molecular formula is C16H15F3N2OS. The Bertz CT molecular complexity index is 678. The Kier molecular flexibility index (Phi) is 5.81. The first kappa shape index (κ1) is 17.1. The van der Waals surface area contributed by atoms with Crippen LogP contribution in [0.4, 0.5) is 18.9 Å². The molecule has 0 atom stereocenters. The molecule has 0 radical (unpaired) electrons. The molecule has 0 unspecified atom stereocenters. The third-order valence-corrected chi connectivity index (χ3v) is 3.21. The quantitative estimate of drug-likeness (QED) is 0.799. The topological polar surface area (TPSA) is 33.3 Å². The fraction of sp³-hybridized carbons (Fsp3) is 0.188. The van der Waals surface area contributed by atoms with Crippen molar-refractivity contribution in [1.82, 2.24) is 5.32 Å². The van der Waals surface area contributed by atoms with E-state index in [9.17, 15) is 13.2 Å². The van der Waals surface area contributed by atoms with Crippen LogP contribution in [0.25, 0.3) is 0 Å². The van der Waals surface area contributed by atoms with Crippen molar-refractivity contribution in [2.45, 2.75) is 20.1 Å². The minimum absolute atomic E-state index is 0.0107. The minimum Gasteiger partial charge on any atom is -0.433 e. The van der Waals surface area contributed by atoms with E-state index in [1.165, 1.54) is 18.2 Å². The lowest BCUT2D eigenvalue weighted by molar-refractivity contribution is -0.0493. The molecular weight excluding hydrogens is 325 g/mol. The Morgan fingerprint density at radius 3 is 2.52 bits per heavy atom. The Morgan fingerprint density at radius 1 is 1.17 bits per heavy atom. The number of anilines is 1. The summed E-state index contributed by atoms with van der Waals surface area (Å²) in [5.41, 5.74) is 2.06. The number of ether oxygens (including phenoxy) is 1. The van der Waals surface area contributed by atoms with Gasteiger partial charge in [-0.3, -0.25) is 0 Å². The maximum atomic E-state index is 12.8. The van der Waals surface area contributed by atoms with Gasteiger partial charge in [-0.1, -0.05) is 18.2 Å². The fourth-order valence-corrected chi connectivity index (χ4v) is 2.07. The summed E-state index contributed by atoms with van der Waals surface area (Å²) >= 11 is 5.14. The number of nitrogens with one attached hydrogen (secondary N) is 2. The van der Waals surface area contributed by atoms with Gasteiger partial charge in [-0.05, 0) is 54.5 Å². The van der Waals surface area contributed by atoms with Crippen LogP contribution in [0.3, 0.4) is 0 Å². The molecule has 0 bridgehead atoms. The number of rotatable bonds is 5. The van der Waals surface area contributed by atoms with Crippen LogP contribution >= 0.6 is 12.2 Å². The summed E-state index contributed by atoms with van der Waals surface area (Å²) in [6.07, 6.45) is 0. The summed E-state index contributed by atoms with van der Waals surface area (Å²) in [6.45, 7) is -0.714. The zero-order valence-electron chi connectivity index (χ0n) is 12.3. The van der Waals surface area contributed by atoms with Gasteiger partial charge in [0.05, 0.1) is 5.69 Å². The number of halogens is 3. The Balaban J connectivity index is 1.99. The number of hydrogen-bond acceptors (Lipinski definition) is 2. The van der Waals surface area contributed by atoms with Crippen LogP contribution in [0.5, 0.6) is 5.75 Å². The summed E-state index contributed by atoms with van der Waals surface area (Å²) in [7, 11) is 0.